The highest BCUT2D eigenvalue weighted by Crippen LogP contribution is 1.89. The maximum atomic E-state index is 5.13. The van der Waals surface area contributed by atoms with E-state index in [2.05, 4.69) is 4.84 Å². The third kappa shape index (κ3) is 9.84. The van der Waals surface area contributed by atoms with Crippen molar-refractivity contribution in [3.8, 4) is 0 Å². The molecular weight excluding hydrogens is 146 g/mol. The molecule has 0 aliphatic carbocycles. The first-order valence-corrected chi connectivity index (χ1v) is 3.78. The number of hydrogen-bond donors (Lipinski definition) is 1. The Labute approximate surface area is 67.6 Å². The fourth-order valence-electron chi connectivity index (χ4n) is 0.487. The maximum absolute atomic E-state index is 5.13. The molecule has 0 heterocycles. The predicted octanol–water partition coefficient (Wildman–Crippen LogP) is 0.666. The average molecular weight is 163 g/mol. The van der Waals surface area contributed by atoms with Crippen LogP contribution in [-0.4, -0.2) is 26.1 Å². The molecule has 0 unspecified atom stereocenters. The summed E-state index contributed by atoms with van der Waals surface area (Å²) in [5.41, 5.74) is 0. The lowest BCUT2D eigenvalue weighted by atomic mass is 10.5. The first kappa shape index (κ1) is 10.8. The van der Waals surface area contributed by atoms with E-state index in [1.807, 2.05) is 13.8 Å². The van der Waals surface area contributed by atoms with Crippen molar-refractivity contribution in [1.29, 1.82) is 0 Å². The van der Waals surface area contributed by atoms with Gasteiger partial charge in [0.05, 0.1) is 19.3 Å². The summed E-state index contributed by atoms with van der Waals surface area (Å²) >= 11 is 0. The van der Waals surface area contributed by atoms with Crippen molar-refractivity contribution in [3.63, 3.8) is 0 Å². The molecule has 0 amide bonds. The van der Waals surface area contributed by atoms with Crippen molar-refractivity contribution >= 4 is 0 Å². The zero-order valence-corrected chi connectivity index (χ0v) is 7.21. The molecule has 0 radical (unpaired) electrons. The second-order valence-corrected chi connectivity index (χ2v) is 2.47. The quantitative estimate of drug-likeness (QED) is 0.340. The van der Waals surface area contributed by atoms with Crippen molar-refractivity contribution in [3.05, 3.63) is 0 Å². The molecule has 0 fully saturated rings. The second kappa shape index (κ2) is 7.94. The normalized spacial score (nSPS) is 10.9. The lowest BCUT2D eigenvalue weighted by Crippen LogP contribution is -2.09. The minimum absolute atomic E-state index is 0.223. The van der Waals surface area contributed by atoms with Gasteiger partial charge in [-0.15, -0.1) is 0 Å². The van der Waals surface area contributed by atoms with E-state index in [1.165, 1.54) is 0 Å². The van der Waals surface area contributed by atoms with Gasteiger partial charge in [0.15, 0.2) is 0 Å². The Kier molecular flexibility index (Phi) is 7.83. The molecule has 0 aromatic rings. The molecule has 0 aliphatic rings. The van der Waals surface area contributed by atoms with Gasteiger partial charge in [-0.25, -0.2) is 5.90 Å². The average Bonchev–Trinajstić information content (AvgIpc) is 1.96. The van der Waals surface area contributed by atoms with Crippen molar-refractivity contribution in [2.45, 2.75) is 26.4 Å². The van der Waals surface area contributed by atoms with E-state index in [9.17, 15) is 0 Å². The highest BCUT2D eigenvalue weighted by molar-refractivity contribution is 4.32. The van der Waals surface area contributed by atoms with Gasteiger partial charge in [-0.05, 0) is 20.3 Å². The predicted molar refractivity (Wildman–Crippen MR) is 41.8 cm³/mol. The fourth-order valence-corrected chi connectivity index (χ4v) is 0.487. The maximum Gasteiger partial charge on any atom is 0.147 e. The first-order chi connectivity index (χ1) is 5.27. The van der Waals surface area contributed by atoms with Gasteiger partial charge in [-0.3, -0.25) is 0 Å². The van der Waals surface area contributed by atoms with Gasteiger partial charge >= 0.3 is 0 Å². The molecule has 11 heavy (non-hydrogen) atoms. The zero-order valence-electron chi connectivity index (χ0n) is 7.21. The molecule has 4 heteroatoms. The molecule has 0 aliphatic heterocycles. The van der Waals surface area contributed by atoms with Crippen LogP contribution in [0.25, 0.3) is 0 Å². The van der Waals surface area contributed by atoms with Gasteiger partial charge in [-0.2, -0.15) is 0 Å². The monoisotopic (exact) mass is 163 g/mol. The summed E-state index contributed by atoms with van der Waals surface area (Å²) in [6.45, 7) is 5.44. The van der Waals surface area contributed by atoms with E-state index >= 15 is 0 Å². The van der Waals surface area contributed by atoms with E-state index in [1.54, 1.807) is 0 Å². The molecule has 0 rings (SSSR count). The molecular formula is C7H17NO3. The highest BCUT2D eigenvalue weighted by atomic mass is 16.7. The topological polar surface area (TPSA) is 53.7 Å². The summed E-state index contributed by atoms with van der Waals surface area (Å²) in [5.74, 6) is 4.80. The minimum Gasteiger partial charge on any atom is -0.355 e. The van der Waals surface area contributed by atoms with Gasteiger partial charge in [0, 0.05) is 0 Å². The summed E-state index contributed by atoms with van der Waals surface area (Å²) in [7, 11) is 0. The van der Waals surface area contributed by atoms with Crippen LogP contribution in [0.4, 0.5) is 0 Å². The van der Waals surface area contributed by atoms with Crippen LogP contribution in [0.15, 0.2) is 0 Å². The van der Waals surface area contributed by atoms with E-state index in [0.717, 1.165) is 6.42 Å². The molecule has 0 spiro atoms. The Morgan fingerprint density at radius 1 is 1.27 bits per heavy atom. The van der Waals surface area contributed by atoms with E-state index < -0.39 is 0 Å². The zero-order chi connectivity index (χ0) is 8.53. The third-order valence-electron chi connectivity index (χ3n) is 1.04. The molecule has 0 bridgehead atoms. The highest BCUT2D eigenvalue weighted by Gasteiger charge is 1.92. The Bertz CT molecular complexity index is 78.1. The molecule has 2 N–H and O–H groups in total. The van der Waals surface area contributed by atoms with Crippen molar-refractivity contribution in [2.24, 2.45) is 5.90 Å². The van der Waals surface area contributed by atoms with Crippen molar-refractivity contribution < 1.29 is 14.3 Å². The van der Waals surface area contributed by atoms with Gasteiger partial charge in [0.25, 0.3) is 0 Å². The summed E-state index contributed by atoms with van der Waals surface area (Å²) in [5, 5.41) is 0. The van der Waals surface area contributed by atoms with Gasteiger partial charge < -0.3 is 14.3 Å². The molecule has 0 aromatic carbocycles. The SMILES string of the molecule is CC(C)OCOCCCON. The van der Waals surface area contributed by atoms with Gasteiger partial charge in [0.2, 0.25) is 0 Å². The van der Waals surface area contributed by atoms with Crippen LogP contribution < -0.4 is 5.90 Å². The molecule has 0 saturated heterocycles. The van der Waals surface area contributed by atoms with E-state index in [-0.39, 0.29) is 6.10 Å². The third-order valence-corrected chi connectivity index (χ3v) is 1.04. The summed E-state index contributed by atoms with van der Waals surface area (Å²) < 4.78 is 10.2. The Hall–Kier alpha value is -0.160. The van der Waals surface area contributed by atoms with Gasteiger partial charge in [0.1, 0.15) is 6.79 Å². The van der Waals surface area contributed by atoms with E-state index in [0.29, 0.717) is 20.0 Å². The first-order valence-electron chi connectivity index (χ1n) is 3.78. The molecule has 4 nitrogen and oxygen atoms in total. The van der Waals surface area contributed by atoms with Crippen LogP contribution in [-0.2, 0) is 14.3 Å². The minimum atomic E-state index is 0.223. The molecule has 0 saturated carbocycles. The van der Waals surface area contributed by atoms with Crippen LogP contribution in [0.5, 0.6) is 0 Å². The van der Waals surface area contributed by atoms with Crippen LogP contribution in [0, 0.1) is 0 Å². The Morgan fingerprint density at radius 3 is 2.55 bits per heavy atom. The summed E-state index contributed by atoms with van der Waals surface area (Å²) in [6, 6.07) is 0. The van der Waals surface area contributed by atoms with Crippen LogP contribution in [0.1, 0.15) is 20.3 Å². The van der Waals surface area contributed by atoms with Crippen LogP contribution in [0.2, 0.25) is 0 Å². The smallest absolute Gasteiger partial charge is 0.147 e. The fraction of sp³-hybridized carbons (Fsp3) is 1.00. The lowest BCUT2D eigenvalue weighted by Gasteiger charge is -2.07. The van der Waals surface area contributed by atoms with E-state index in [4.69, 9.17) is 15.4 Å². The number of hydrogen-bond acceptors (Lipinski definition) is 4. The van der Waals surface area contributed by atoms with Crippen LogP contribution >= 0.6 is 0 Å². The molecule has 0 aromatic heterocycles. The lowest BCUT2D eigenvalue weighted by molar-refractivity contribution is -0.0817. The molecule has 0 atom stereocenters. The van der Waals surface area contributed by atoms with Gasteiger partial charge in [-0.1, -0.05) is 0 Å². The second-order valence-electron chi connectivity index (χ2n) is 2.47. The standard InChI is InChI=1S/C7H17NO3/c1-7(2)10-6-9-4-3-5-11-8/h7H,3-6,8H2,1-2H3. The Balaban J connectivity index is 2.80. The van der Waals surface area contributed by atoms with Crippen LogP contribution in [0.3, 0.4) is 0 Å². The molecule has 68 valence electrons. The van der Waals surface area contributed by atoms with Crippen molar-refractivity contribution in [1.82, 2.24) is 0 Å². The number of ether oxygens (including phenoxy) is 2. The summed E-state index contributed by atoms with van der Waals surface area (Å²) in [4.78, 5) is 4.35. The number of rotatable bonds is 7. The Morgan fingerprint density at radius 2 is 2.00 bits per heavy atom. The largest absolute Gasteiger partial charge is 0.355 e. The van der Waals surface area contributed by atoms with Crippen molar-refractivity contribution in [2.75, 3.05) is 20.0 Å². The number of nitrogens with two attached hydrogens (primary N) is 1. The summed E-state index contributed by atoms with van der Waals surface area (Å²) in [6.07, 6.45) is 1.03.